The highest BCUT2D eigenvalue weighted by Gasteiger charge is 2.11. The molecule has 0 spiro atoms. The van der Waals surface area contributed by atoms with E-state index in [1.54, 1.807) is 7.05 Å². The number of hydrogen-bond acceptors (Lipinski definition) is 3. The second-order valence-electron chi connectivity index (χ2n) is 3.16. The molecule has 0 atom stereocenters. The molecule has 1 aromatic rings. The van der Waals surface area contributed by atoms with Crippen molar-refractivity contribution in [1.29, 1.82) is 0 Å². The number of carbonyl (C=O) groups is 1. The van der Waals surface area contributed by atoms with Gasteiger partial charge >= 0.3 is 6.55 Å². The first-order chi connectivity index (χ1) is 7.65. The fourth-order valence-electron chi connectivity index (χ4n) is 1.16. The molecule has 0 aliphatic heterocycles. The van der Waals surface area contributed by atoms with Gasteiger partial charge in [-0.3, -0.25) is 9.36 Å². The lowest BCUT2D eigenvalue weighted by Gasteiger charge is -2.07. The van der Waals surface area contributed by atoms with E-state index in [0.717, 1.165) is 4.57 Å². The molecule has 0 radical (unpaired) electrons. The fraction of sp³-hybridized carbons (Fsp3) is 0.556. The highest BCUT2D eigenvalue weighted by Crippen LogP contribution is 2.11. The van der Waals surface area contributed by atoms with Crippen LogP contribution in [0.15, 0.2) is 12.4 Å². The summed E-state index contributed by atoms with van der Waals surface area (Å²) in [5.74, 6) is -0.0500. The molecule has 0 saturated carbocycles. The monoisotopic (exact) mass is 304 g/mol. The molecule has 18 heavy (non-hydrogen) atoms. The molecule has 0 unspecified atom stereocenters. The quantitative estimate of drug-likeness (QED) is 0.834. The van der Waals surface area contributed by atoms with Crippen molar-refractivity contribution in [3.63, 3.8) is 0 Å². The highest BCUT2D eigenvalue weighted by atomic mass is 35.5. The average Bonchev–Trinajstić information content (AvgIpc) is 2.71. The Bertz CT molecular complexity index is 349. The normalized spacial score (nSPS) is 9.56. The van der Waals surface area contributed by atoms with E-state index in [-0.39, 0.29) is 43.1 Å². The Morgan fingerprint density at radius 3 is 2.72 bits per heavy atom. The van der Waals surface area contributed by atoms with Crippen LogP contribution in [0.4, 0.5) is 8.78 Å². The van der Waals surface area contributed by atoms with Crippen molar-refractivity contribution in [2.75, 3.05) is 13.6 Å². The minimum Gasteiger partial charge on any atom is -0.349 e. The van der Waals surface area contributed by atoms with Gasteiger partial charge in [0.05, 0.1) is 6.54 Å². The SMILES string of the molecule is CNCCC(=O)NCc1nccn1C(F)F.Cl.Cl. The Balaban J connectivity index is 0. The third kappa shape index (κ3) is 6.13. The van der Waals surface area contributed by atoms with Crippen molar-refractivity contribution in [2.45, 2.75) is 19.5 Å². The van der Waals surface area contributed by atoms with Crippen LogP contribution < -0.4 is 10.6 Å². The van der Waals surface area contributed by atoms with Crippen LogP contribution in [0.2, 0.25) is 0 Å². The number of hydrogen-bond donors (Lipinski definition) is 2. The van der Waals surface area contributed by atoms with Crippen molar-refractivity contribution >= 4 is 30.7 Å². The van der Waals surface area contributed by atoms with Gasteiger partial charge in [-0.2, -0.15) is 8.78 Å². The maximum Gasteiger partial charge on any atom is 0.319 e. The predicted molar refractivity (Wildman–Crippen MR) is 68.4 cm³/mol. The number of nitrogens with one attached hydrogen (secondary N) is 2. The third-order valence-corrected chi connectivity index (χ3v) is 2.00. The third-order valence-electron chi connectivity index (χ3n) is 2.00. The zero-order valence-electron chi connectivity index (χ0n) is 9.73. The zero-order chi connectivity index (χ0) is 12.0. The van der Waals surface area contributed by atoms with Crippen molar-refractivity contribution in [3.8, 4) is 0 Å². The second kappa shape index (κ2) is 10.0. The molecule has 0 aliphatic carbocycles. The first kappa shape index (κ1) is 19.4. The smallest absolute Gasteiger partial charge is 0.319 e. The second-order valence-corrected chi connectivity index (χ2v) is 3.16. The lowest BCUT2D eigenvalue weighted by molar-refractivity contribution is -0.121. The molecular weight excluding hydrogens is 289 g/mol. The maximum absolute atomic E-state index is 12.4. The van der Waals surface area contributed by atoms with Crippen molar-refractivity contribution in [2.24, 2.45) is 0 Å². The van der Waals surface area contributed by atoms with Crippen LogP contribution in [0.3, 0.4) is 0 Å². The summed E-state index contributed by atoms with van der Waals surface area (Å²) >= 11 is 0. The topological polar surface area (TPSA) is 59.0 Å². The molecule has 9 heteroatoms. The largest absolute Gasteiger partial charge is 0.349 e. The lowest BCUT2D eigenvalue weighted by Crippen LogP contribution is -2.27. The minimum atomic E-state index is -2.63. The number of imidazole rings is 1. The molecule has 2 N–H and O–H groups in total. The Morgan fingerprint density at radius 1 is 1.50 bits per heavy atom. The van der Waals surface area contributed by atoms with Gasteiger partial charge in [-0.25, -0.2) is 4.98 Å². The molecule has 0 saturated heterocycles. The molecule has 0 aromatic carbocycles. The summed E-state index contributed by atoms with van der Waals surface area (Å²) in [6, 6.07) is 0. The summed E-state index contributed by atoms with van der Waals surface area (Å²) in [6.07, 6.45) is 2.77. The van der Waals surface area contributed by atoms with Gasteiger partial charge in [-0.05, 0) is 7.05 Å². The highest BCUT2D eigenvalue weighted by molar-refractivity contribution is 5.85. The summed E-state index contributed by atoms with van der Waals surface area (Å²) in [7, 11) is 1.73. The Labute approximate surface area is 116 Å². The molecule has 1 aromatic heterocycles. The van der Waals surface area contributed by atoms with Crippen molar-refractivity contribution in [3.05, 3.63) is 18.2 Å². The minimum absolute atomic E-state index is 0. The number of aromatic nitrogens is 2. The number of amides is 1. The van der Waals surface area contributed by atoms with Crippen molar-refractivity contribution < 1.29 is 13.6 Å². The Morgan fingerprint density at radius 2 is 2.17 bits per heavy atom. The standard InChI is InChI=1S/C9H14F2N4O.2ClH/c1-12-3-2-8(16)14-6-7-13-4-5-15(7)9(10)11;;/h4-5,9,12H,2-3,6H2,1H3,(H,14,16);2*1H. The van der Waals surface area contributed by atoms with E-state index in [1.807, 2.05) is 0 Å². The molecule has 0 fully saturated rings. The molecule has 5 nitrogen and oxygen atoms in total. The van der Waals surface area contributed by atoms with Gasteiger partial charge in [0, 0.05) is 25.4 Å². The number of nitrogens with zero attached hydrogens (tertiary/aromatic N) is 2. The number of rotatable bonds is 6. The Kier molecular flexibility index (Phi) is 10.8. The Hall–Kier alpha value is -0.920. The van der Waals surface area contributed by atoms with E-state index in [1.165, 1.54) is 12.4 Å². The first-order valence-corrected chi connectivity index (χ1v) is 4.86. The van der Waals surface area contributed by atoms with E-state index in [0.29, 0.717) is 13.0 Å². The molecule has 106 valence electrons. The van der Waals surface area contributed by atoms with Crippen LogP contribution in [0.25, 0.3) is 0 Å². The summed E-state index contributed by atoms with van der Waals surface area (Å²) in [5, 5.41) is 5.34. The van der Waals surface area contributed by atoms with E-state index >= 15 is 0 Å². The van der Waals surface area contributed by atoms with Crippen LogP contribution >= 0.6 is 24.8 Å². The van der Waals surface area contributed by atoms with Gasteiger partial charge in [-0.1, -0.05) is 0 Å². The van der Waals surface area contributed by atoms with Gasteiger partial charge in [0.15, 0.2) is 0 Å². The van der Waals surface area contributed by atoms with Gasteiger partial charge < -0.3 is 10.6 Å². The summed E-state index contributed by atoms with van der Waals surface area (Å²) in [6.45, 7) is -2.07. The summed E-state index contributed by atoms with van der Waals surface area (Å²) < 4.78 is 25.5. The van der Waals surface area contributed by atoms with Crippen LogP contribution in [0.5, 0.6) is 0 Å². The van der Waals surface area contributed by atoms with Crippen LogP contribution in [-0.2, 0) is 11.3 Å². The number of alkyl halides is 2. The summed E-state index contributed by atoms with van der Waals surface area (Å²) in [5.41, 5.74) is 0. The molecule has 1 amide bonds. The maximum atomic E-state index is 12.4. The summed E-state index contributed by atoms with van der Waals surface area (Å²) in [4.78, 5) is 14.9. The predicted octanol–water partition coefficient (Wildman–Crippen LogP) is 1.35. The first-order valence-electron chi connectivity index (χ1n) is 4.86. The molecule has 0 aliphatic rings. The van der Waals surface area contributed by atoms with Crippen LogP contribution in [0.1, 0.15) is 18.8 Å². The van der Waals surface area contributed by atoms with Gasteiger partial charge in [0.25, 0.3) is 0 Å². The number of carbonyl (C=O) groups excluding carboxylic acids is 1. The van der Waals surface area contributed by atoms with E-state index < -0.39 is 6.55 Å². The number of halogens is 4. The van der Waals surface area contributed by atoms with E-state index in [9.17, 15) is 13.6 Å². The fourth-order valence-corrected chi connectivity index (χ4v) is 1.16. The molecular formula is C9H16Cl2F2N4O. The van der Waals surface area contributed by atoms with Crippen molar-refractivity contribution in [1.82, 2.24) is 20.2 Å². The zero-order valence-corrected chi connectivity index (χ0v) is 11.4. The van der Waals surface area contributed by atoms with Gasteiger partial charge in [-0.15, -0.1) is 24.8 Å². The average molecular weight is 305 g/mol. The van der Waals surface area contributed by atoms with E-state index in [2.05, 4.69) is 15.6 Å². The van der Waals surface area contributed by atoms with Crippen LogP contribution in [-0.4, -0.2) is 29.1 Å². The van der Waals surface area contributed by atoms with Crippen LogP contribution in [0, 0.1) is 0 Å². The van der Waals surface area contributed by atoms with E-state index in [4.69, 9.17) is 0 Å². The molecule has 1 heterocycles. The molecule has 0 bridgehead atoms. The van der Waals surface area contributed by atoms with Gasteiger partial charge in [0.2, 0.25) is 5.91 Å². The lowest BCUT2D eigenvalue weighted by atomic mass is 10.4. The molecule has 1 rings (SSSR count). The van der Waals surface area contributed by atoms with Gasteiger partial charge in [0.1, 0.15) is 5.82 Å².